The van der Waals surface area contributed by atoms with E-state index in [1.807, 2.05) is 0 Å². The molecule has 0 spiro atoms. The smallest absolute Gasteiger partial charge is 0.343 e. The number of carbonyl (C=O) groups excluding carboxylic acids is 2. The van der Waals surface area contributed by atoms with E-state index in [0.717, 1.165) is 0 Å². The summed E-state index contributed by atoms with van der Waals surface area (Å²) < 4.78 is 6.44. The number of amides is 1. The number of nitrogens with zero attached hydrogens (tertiary/aromatic N) is 2. The molecule has 0 saturated heterocycles. The lowest BCUT2D eigenvalue weighted by Crippen LogP contribution is -2.21. The van der Waals surface area contributed by atoms with Gasteiger partial charge in [0.25, 0.3) is 0 Å². The molecule has 0 atom stereocenters. The van der Waals surface area contributed by atoms with E-state index >= 15 is 0 Å². The Balaban J connectivity index is 3.10. The van der Waals surface area contributed by atoms with Gasteiger partial charge in [-0.05, 0) is 13.8 Å². The molecule has 100 valence electrons. The zero-order valence-electron chi connectivity index (χ0n) is 11.4. The number of rotatable bonds is 4. The molecule has 0 unspecified atom stereocenters. The fourth-order valence-electron chi connectivity index (χ4n) is 1.51. The first-order valence-electron chi connectivity index (χ1n) is 5.90. The predicted molar refractivity (Wildman–Crippen MR) is 67.4 cm³/mol. The molecule has 6 heteroatoms. The van der Waals surface area contributed by atoms with Crippen molar-refractivity contribution < 1.29 is 14.3 Å². The number of ether oxygens (including phenoxy) is 1. The van der Waals surface area contributed by atoms with Crippen molar-refractivity contribution in [2.75, 3.05) is 11.9 Å². The summed E-state index contributed by atoms with van der Waals surface area (Å²) in [6.07, 6.45) is 0. The van der Waals surface area contributed by atoms with Crippen LogP contribution in [-0.4, -0.2) is 28.3 Å². The van der Waals surface area contributed by atoms with Gasteiger partial charge in [0.2, 0.25) is 5.91 Å². The van der Waals surface area contributed by atoms with Crippen LogP contribution in [0.25, 0.3) is 0 Å². The largest absolute Gasteiger partial charge is 0.462 e. The first kappa shape index (κ1) is 14.2. The van der Waals surface area contributed by atoms with Crippen LogP contribution in [0.4, 0.5) is 5.82 Å². The zero-order valence-corrected chi connectivity index (χ0v) is 11.4. The van der Waals surface area contributed by atoms with E-state index in [1.165, 1.54) is 4.68 Å². The molecule has 1 N–H and O–H groups in total. The Morgan fingerprint density at radius 3 is 2.56 bits per heavy atom. The van der Waals surface area contributed by atoms with Crippen LogP contribution >= 0.6 is 0 Å². The van der Waals surface area contributed by atoms with E-state index in [-0.39, 0.29) is 18.4 Å². The van der Waals surface area contributed by atoms with Gasteiger partial charge < -0.3 is 10.1 Å². The molecule has 1 amide bonds. The highest BCUT2D eigenvalue weighted by atomic mass is 16.5. The quantitative estimate of drug-likeness (QED) is 0.825. The Labute approximate surface area is 106 Å². The first-order chi connectivity index (χ1) is 8.38. The molecule has 1 heterocycles. The molecule has 0 bridgehead atoms. The lowest BCUT2D eigenvalue weighted by Gasteiger charge is -2.10. The number of anilines is 1. The summed E-state index contributed by atoms with van der Waals surface area (Å²) in [5.41, 5.74) is 0.850. The molecule has 6 nitrogen and oxygen atoms in total. The molecular formula is C12H19N3O3. The molecule has 1 rings (SSSR count). The number of aryl methyl sites for hydroxylation is 2. The van der Waals surface area contributed by atoms with Crippen molar-refractivity contribution in [2.24, 2.45) is 13.0 Å². The van der Waals surface area contributed by atoms with Crippen LogP contribution in [0.5, 0.6) is 0 Å². The topological polar surface area (TPSA) is 73.2 Å². The van der Waals surface area contributed by atoms with Gasteiger partial charge in [0, 0.05) is 13.0 Å². The Kier molecular flexibility index (Phi) is 4.47. The van der Waals surface area contributed by atoms with Crippen molar-refractivity contribution in [2.45, 2.75) is 27.7 Å². The van der Waals surface area contributed by atoms with Gasteiger partial charge in [-0.25, -0.2) is 4.79 Å². The molecule has 1 aromatic rings. The monoisotopic (exact) mass is 253 g/mol. The summed E-state index contributed by atoms with van der Waals surface area (Å²) >= 11 is 0. The lowest BCUT2D eigenvalue weighted by atomic mass is 10.2. The van der Waals surface area contributed by atoms with E-state index < -0.39 is 5.97 Å². The summed E-state index contributed by atoms with van der Waals surface area (Å²) in [4.78, 5) is 23.5. The maximum Gasteiger partial charge on any atom is 0.343 e. The molecule has 0 radical (unpaired) electrons. The van der Waals surface area contributed by atoms with E-state index in [9.17, 15) is 9.59 Å². The van der Waals surface area contributed by atoms with Gasteiger partial charge in [-0.15, -0.1) is 0 Å². The number of carbonyl (C=O) groups is 2. The highest BCUT2D eigenvalue weighted by Gasteiger charge is 2.23. The van der Waals surface area contributed by atoms with Gasteiger partial charge in [0.1, 0.15) is 11.4 Å². The van der Waals surface area contributed by atoms with Crippen molar-refractivity contribution in [3.05, 3.63) is 11.3 Å². The third kappa shape index (κ3) is 2.88. The van der Waals surface area contributed by atoms with Crippen molar-refractivity contribution >= 4 is 17.7 Å². The van der Waals surface area contributed by atoms with Gasteiger partial charge in [-0.3, -0.25) is 9.48 Å². The molecule has 1 aromatic heterocycles. The highest BCUT2D eigenvalue weighted by molar-refractivity contribution is 6.01. The molecule has 18 heavy (non-hydrogen) atoms. The van der Waals surface area contributed by atoms with Gasteiger partial charge >= 0.3 is 5.97 Å². The number of esters is 1. The van der Waals surface area contributed by atoms with Gasteiger partial charge in [0.05, 0.1) is 12.3 Å². The number of nitrogens with one attached hydrogen (secondary N) is 1. The van der Waals surface area contributed by atoms with Gasteiger partial charge in [0.15, 0.2) is 0 Å². The molecule has 0 aliphatic heterocycles. The summed E-state index contributed by atoms with van der Waals surface area (Å²) in [5, 5.41) is 6.83. The fraction of sp³-hybridized carbons (Fsp3) is 0.583. The summed E-state index contributed by atoms with van der Waals surface area (Å²) in [6, 6.07) is 0. The van der Waals surface area contributed by atoms with Crippen molar-refractivity contribution in [3.8, 4) is 0 Å². The maximum absolute atomic E-state index is 11.8. The maximum atomic E-state index is 11.8. The van der Waals surface area contributed by atoms with Crippen LogP contribution in [0.1, 0.15) is 36.8 Å². The van der Waals surface area contributed by atoms with Crippen LogP contribution in [0.3, 0.4) is 0 Å². The van der Waals surface area contributed by atoms with E-state index in [2.05, 4.69) is 10.4 Å². The Hall–Kier alpha value is -1.85. The fourth-order valence-corrected chi connectivity index (χ4v) is 1.51. The molecule has 0 aliphatic rings. The highest BCUT2D eigenvalue weighted by Crippen LogP contribution is 2.20. The van der Waals surface area contributed by atoms with Crippen LogP contribution in [0.15, 0.2) is 0 Å². The summed E-state index contributed by atoms with van der Waals surface area (Å²) in [7, 11) is 1.67. The average Bonchev–Trinajstić information content (AvgIpc) is 2.54. The average molecular weight is 253 g/mol. The molecule has 0 aliphatic carbocycles. The number of hydrogen-bond acceptors (Lipinski definition) is 4. The van der Waals surface area contributed by atoms with Crippen molar-refractivity contribution in [1.29, 1.82) is 0 Å². The molecule has 0 saturated carbocycles. The molecule has 0 fully saturated rings. The number of aromatic nitrogens is 2. The lowest BCUT2D eigenvalue weighted by molar-refractivity contribution is -0.118. The van der Waals surface area contributed by atoms with Gasteiger partial charge in [-0.1, -0.05) is 13.8 Å². The second kappa shape index (κ2) is 5.66. The standard InChI is InChI=1S/C12H19N3O3/c1-6-18-12(17)9-8(4)14-15(5)10(9)13-11(16)7(2)3/h7H,6H2,1-5H3,(H,13,16). The molecular weight excluding hydrogens is 234 g/mol. The van der Waals surface area contributed by atoms with E-state index in [4.69, 9.17) is 4.74 Å². The molecule has 0 aromatic carbocycles. The second-order valence-corrected chi connectivity index (χ2v) is 4.30. The third-order valence-electron chi connectivity index (χ3n) is 2.47. The van der Waals surface area contributed by atoms with Crippen molar-refractivity contribution in [1.82, 2.24) is 9.78 Å². The third-order valence-corrected chi connectivity index (χ3v) is 2.47. The Bertz CT molecular complexity index is 463. The SMILES string of the molecule is CCOC(=O)c1c(C)nn(C)c1NC(=O)C(C)C. The number of hydrogen-bond donors (Lipinski definition) is 1. The first-order valence-corrected chi connectivity index (χ1v) is 5.90. The Morgan fingerprint density at radius 1 is 1.44 bits per heavy atom. The predicted octanol–water partition coefficient (Wildman–Crippen LogP) is 1.50. The van der Waals surface area contributed by atoms with Crippen LogP contribution in [0.2, 0.25) is 0 Å². The second-order valence-electron chi connectivity index (χ2n) is 4.30. The van der Waals surface area contributed by atoms with Crippen LogP contribution < -0.4 is 5.32 Å². The zero-order chi connectivity index (χ0) is 13.9. The minimum absolute atomic E-state index is 0.163. The van der Waals surface area contributed by atoms with Crippen LogP contribution in [-0.2, 0) is 16.6 Å². The van der Waals surface area contributed by atoms with E-state index in [1.54, 1.807) is 34.7 Å². The normalized spacial score (nSPS) is 10.6. The minimum atomic E-state index is -0.470. The Morgan fingerprint density at radius 2 is 2.06 bits per heavy atom. The summed E-state index contributed by atoms with van der Waals surface area (Å²) in [5.74, 6) is -0.425. The van der Waals surface area contributed by atoms with Crippen LogP contribution in [0, 0.1) is 12.8 Å². The van der Waals surface area contributed by atoms with Crippen molar-refractivity contribution in [3.63, 3.8) is 0 Å². The summed E-state index contributed by atoms with van der Waals surface area (Å²) in [6.45, 7) is 7.28. The minimum Gasteiger partial charge on any atom is -0.462 e. The van der Waals surface area contributed by atoms with Gasteiger partial charge in [-0.2, -0.15) is 5.10 Å². The van der Waals surface area contributed by atoms with E-state index in [0.29, 0.717) is 17.1 Å².